The summed E-state index contributed by atoms with van der Waals surface area (Å²) in [7, 11) is 0. The minimum Gasteiger partial charge on any atom is -0.396 e. The number of carbonyl (C=O) groups is 1. The predicted molar refractivity (Wildman–Crippen MR) is 81.0 cm³/mol. The topological polar surface area (TPSA) is 77.0 Å². The number of anilines is 1. The maximum atomic E-state index is 12.7. The zero-order chi connectivity index (χ0) is 14.4. The van der Waals surface area contributed by atoms with E-state index in [0.717, 1.165) is 17.1 Å². The highest BCUT2D eigenvalue weighted by atomic mass is 32.1. The van der Waals surface area contributed by atoms with Crippen LogP contribution in [0.5, 0.6) is 0 Å². The maximum Gasteiger partial charge on any atom is 0.266 e. The fraction of sp³-hybridized carbons (Fsp3) is 0.214. The maximum absolute atomic E-state index is 12.7. The number of carbonyl (C=O) groups excluding carboxylic acids is 1. The Balaban J connectivity index is 1.69. The second kappa shape index (κ2) is 4.56. The van der Waals surface area contributed by atoms with Crippen LogP contribution in [-0.4, -0.2) is 31.9 Å². The lowest BCUT2D eigenvalue weighted by atomic mass is 10.2. The van der Waals surface area contributed by atoms with Gasteiger partial charge in [0.05, 0.1) is 16.9 Å². The zero-order valence-electron chi connectivity index (χ0n) is 11.2. The Morgan fingerprint density at radius 3 is 3.05 bits per heavy atom. The van der Waals surface area contributed by atoms with Gasteiger partial charge in [0.1, 0.15) is 16.2 Å². The monoisotopic (exact) mass is 299 g/mol. The van der Waals surface area contributed by atoms with E-state index in [-0.39, 0.29) is 5.91 Å². The molecule has 0 spiro atoms. The molecule has 0 bridgehead atoms. The van der Waals surface area contributed by atoms with E-state index in [0.29, 0.717) is 29.2 Å². The largest absolute Gasteiger partial charge is 0.396 e. The molecule has 1 aliphatic rings. The van der Waals surface area contributed by atoms with Crippen LogP contribution < -0.4 is 5.73 Å². The Bertz CT molecular complexity index is 837. The van der Waals surface area contributed by atoms with Crippen molar-refractivity contribution in [3.8, 4) is 0 Å². The second-order valence-electron chi connectivity index (χ2n) is 4.96. The Hall–Kier alpha value is -2.41. The van der Waals surface area contributed by atoms with Crippen LogP contribution in [0.25, 0.3) is 10.2 Å². The van der Waals surface area contributed by atoms with Gasteiger partial charge in [0, 0.05) is 31.7 Å². The number of fused-ring (bicyclic) bond motifs is 2. The molecule has 0 fully saturated rings. The summed E-state index contributed by atoms with van der Waals surface area (Å²) < 4.78 is 3.01. The number of aromatic nitrogens is 3. The number of rotatable bonds is 1. The summed E-state index contributed by atoms with van der Waals surface area (Å²) >= 11 is 1.40. The van der Waals surface area contributed by atoms with Gasteiger partial charge in [0.25, 0.3) is 5.91 Å². The number of hydrogen-bond acceptors (Lipinski definition) is 5. The van der Waals surface area contributed by atoms with E-state index in [1.165, 1.54) is 11.3 Å². The number of amides is 1. The van der Waals surface area contributed by atoms with Crippen molar-refractivity contribution in [2.75, 3.05) is 12.3 Å². The van der Waals surface area contributed by atoms with Crippen LogP contribution in [0, 0.1) is 0 Å². The van der Waals surface area contributed by atoms with Crippen LogP contribution in [0.3, 0.4) is 0 Å². The molecular weight excluding hydrogens is 286 g/mol. The number of nitrogens with zero attached hydrogens (tertiary/aromatic N) is 4. The molecule has 7 heteroatoms. The lowest BCUT2D eigenvalue weighted by Gasteiger charge is -2.27. The predicted octanol–water partition coefficient (Wildman–Crippen LogP) is 1.73. The van der Waals surface area contributed by atoms with Crippen molar-refractivity contribution in [1.82, 2.24) is 19.4 Å². The highest BCUT2D eigenvalue weighted by Gasteiger charge is 2.26. The summed E-state index contributed by atoms with van der Waals surface area (Å²) in [6, 6.07) is 3.79. The van der Waals surface area contributed by atoms with E-state index in [4.69, 9.17) is 5.73 Å². The third-order valence-corrected chi connectivity index (χ3v) is 4.86. The minimum absolute atomic E-state index is 0.0373. The van der Waals surface area contributed by atoms with Crippen LogP contribution in [0.15, 0.2) is 30.7 Å². The van der Waals surface area contributed by atoms with Crippen LogP contribution in [-0.2, 0) is 13.1 Å². The normalized spacial score (nSPS) is 14.4. The van der Waals surface area contributed by atoms with Gasteiger partial charge in [-0.15, -0.1) is 11.3 Å². The summed E-state index contributed by atoms with van der Waals surface area (Å²) in [5, 5.41) is 0. The molecule has 6 nitrogen and oxygen atoms in total. The lowest BCUT2D eigenvalue weighted by Crippen LogP contribution is -2.38. The van der Waals surface area contributed by atoms with Crippen LogP contribution in [0.1, 0.15) is 15.5 Å². The van der Waals surface area contributed by atoms with E-state index in [9.17, 15) is 4.79 Å². The van der Waals surface area contributed by atoms with Crippen molar-refractivity contribution in [2.24, 2.45) is 0 Å². The first-order chi connectivity index (χ1) is 10.2. The van der Waals surface area contributed by atoms with Gasteiger partial charge in [0.2, 0.25) is 0 Å². The van der Waals surface area contributed by atoms with Crippen molar-refractivity contribution >= 4 is 33.1 Å². The van der Waals surface area contributed by atoms with Crippen LogP contribution in [0.4, 0.5) is 5.69 Å². The molecule has 4 rings (SSSR count). The number of hydrogen-bond donors (Lipinski definition) is 1. The molecule has 3 aromatic heterocycles. The third kappa shape index (κ3) is 1.89. The Morgan fingerprint density at radius 1 is 1.29 bits per heavy atom. The Kier molecular flexibility index (Phi) is 2.68. The van der Waals surface area contributed by atoms with Gasteiger partial charge in [0.15, 0.2) is 0 Å². The standard InChI is InChI=1S/C14H13N5OS/c15-11-12-9(2-1-3-17-12)21-13(11)14(20)19-7-6-18-5-4-16-10(18)8-19/h1-5H,6-8,15H2. The molecular formula is C14H13N5OS. The summed E-state index contributed by atoms with van der Waals surface area (Å²) in [6.45, 7) is 1.96. The first kappa shape index (κ1) is 12.3. The fourth-order valence-corrected chi connectivity index (χ4v) is 3.65. The molecule has 0 aliphatic carbocycles. The summed E-state index contributed by atoms with van der Waals surface area (Å²) in [5.41, 5.74) is 7.29. The number of nitrogens with two attached hydrogens (primary N) is 1. The average Bonchev–Trinajstić information content (AvgIpc) is 3.11. The van der Waals surface area contributed by atoms with Gasteiger partial charge >= 0.3 is 0 Å². The highest BCUT2D eigenvalue weighted by molar-refractivity contribution is 7.21. The van der Waals surface area contributed by atoms with E-state index in [1.807, 2.05) is 18.3 Å². The summed E-state index contributed by atoms with van der Waals surface area (Å²) in [6.07, 6.45) is 5.40. The smallest absolute Gasteiger partial charge is 0.266 e. The molecule has 0 saturated heterocycles. The second-order valence-corrected chi connectivity index (χ2v) is 6.01. The number of imidazole rings is 1. The van der Waals surface area contributed by atoms with Gasteiger partial charge in [-0.25, -0.2) is 4.98 Å². The molecule has 0 saturated carbocycles. The lowest BCUT2D eigenvalue weighted by molar-refractivity contribution is 0.0713. The molecule has 2 N–H and O–H groups in total. The highest BCUT2D eigenvalue weighted by Crippen LogP contribution is 2.33. The van der Waals surface area contributed by atoms with Crippen LogP contribution >= 0.6 is 11.3 Å². The minimum atomic E-state index is -0.0373. The van der Waals surface area contributed by atoms with Gasteiger partial charge in [-0.05, 0) is 12.1 Å². The van der Waals surface area contributed by atoms with Crippen molar-refractivity contribution in [1.29, 1.82) is 0 Å². The number of thiophene rings is 1. The third-order valence-electron chi connectivity index (χ3n) is 3.71. The quantitative estimate of drug-likeness (QED) is 0.742. The van der Waals surface area contributed by atoms with Gasteiger partial charge in [-0.1, -0.05) is 0 Å². The van der Waals surface area contributed by atoms with E-state index < -0.39 is 0 Å². The number of pyridine rings is 1. The SMILES string of the molecule is Nc1c(C(=O)N2CCn3ccnc3C2)sc2cccnc12. The molecule has 1 aliphatic heterocycles. The van der Waals surface area contributed by atoms with Gasteiger partial charge in [-0.2, -0.15) is 0 Å². The van der Waals surface area contributed by atoms with E-state index >= 15 is 0 Å². The molecule has 0 radical (unpaired) electrons. The zero-order valence-corrected chi connectivity index (χ0v) is 12.0. The van der Waals surface area contributed by atoms with E-state index in [2.05, 4.69) is 14.5 Å². The Labute approximate surface area is 124 Å². The van der Waals surface area contributed by atoms with Crippen LogP contribution in [0.2, 0.25) is 0 Å². The van der Waals surface area contributed by atoms with Crippen molar-refractivity contribution in [2.45, 2.75) is 13.1 Å². The summed E-state index contributed by atoms with van der Waals surface area (Å²) in [5.74, 6) is 0.872. The summed E-state index contributed by atoms with van der Waals surface area (Å²) in [4.78, 5) is 23.6. The molecule has 3 aromatic rings. The van der Waals surface area contributed by atoms with Crippen molar-refractivity contribution in [3.05, 3.63) is 41.4 Å². The average molecular weight is 299 g/mol. The van der Waals surface area contributed by atoms with Crippen molar-refractivity contribution in [3.63, 3.8) is 0 Å². The number of nitrogen functional groups attached to an aromatic ring is 1. The molecule has 0 aromatic carbocycles. The molecule has 21 heavy (non-hydrogen) atoms. The molecule has 4 heterocycles. The van der Waals surface area contributed by atoms with E-state index in [1.54, 1.807) is 17.3 Å². The fourth-order valence-electron chi connectivity index (χ4n) is 2.60. The first-order valence-corrected chi connectivity index (χ1v) is 7.48. The molecule has 0 unspecified atom stereocenters. The van der Waals surface area contributed by atoms with Gasteiger partial charge < -0.3 is 15.2 Å². The van der Waals surface area contributed by atoms with Crippen molar-refractivity contribution < 1.29 is 4.79 Å². The molecule has 0 atom stereocenters. The molecule has 106 valence electrons. The first-order valence-electron chi connectivity index (χ1n) is 6.66. The molecule has 1 amide bonds. The Morgan fingerprint density at radius 2 is 2.19 bits per heavy atom. The van der Waals surface area contributed by atoms with Gasteiger partial charge in [-0.3, -0.25) is 9.78 Å².